The Morgan fingerprint density at radius 1 is 1.53 bits per heavy atom. The monoisotopic (exact) mass is 270 g/mol. The molecule has 6 nitrogen and oxygen atoms in total. The number of nitrogens with zero attached hydrogens (tertiary/aromatic N) is 1. The summed E-state index contributed by atoms with van der Waals surface area (Å²) in [5, 5.41) is 22.2. The molecule has 19 heavy (non-hydrogen) atoms. The van der Waals surface area contributed by atoms with Crippen molar-refractivity contribution in [2.75, 3.05) is 13.2 Å². The largest absolute Gasteiger partial charge is 0.396 e. The van der Waals surface area contributed by atoms with Gasteiger partial charge >= 0.3 is 0 Å². The number of hydrogen-bond donors (Lipinski definition) is 2. The predicted molar refractivity (Wildman–Crippen MR) is 66.3 cm³/mol. The van der Waals surface area contributed by atoms with Crippen LogP contribution in [0.1, 0.15) is 24.2 Å². The average Bonchev–Trinajstić information content (AvgIpc) is 2.35. The fourth-order valence-electron chi connectivity index (χ4n) is 1.32. The van der Waals surface area contributed by atoms with E-state index in [1.165, 1.54) is 0 Å². The Balaban J connectivity index is 2.93. The molecule has 0 bridgehead atoms. The number of benzene rings is 1. The van der Waals surface area contributed by atoms with Crippen LogP contribution < -0.4 is 5.32 Å². The molecule has 0 aliphatic carbocycles. The fourth-order valence-corrected chi connectivity index (χ4v) is 1.32. The summed E-state index contributed by atoms with van der Waals surface area (Å²) in [6, 6.07) is 2.69. The average molecular weight is 270 g/mol. The Kier molecular flexibility index (Phi) is 4.55. The third kappa shape index (κ3) is 3.99. The second-order valence-electron chi connectivity index (χ2n) is 4.92. The lowest BCUT2D eigenvalue weighted by Gasteiger charge is -2.21. The quantitative estimate of drug-likeness (QED) is 0.626. The molecule has 1 rings (SSSR count). The van der Waals surface area contributed by atoms with E-state index in [0.717, 1.165) is 18.2 Å². The SMILES string of the molecule is CC(C)(CO)CNC(=O)c1cc(F)ccc1[N+](=O)[O-]. The summed E-state index contributed by atoms with van der Waals surface area (Å²) in [5.41, 5.74) is -1.35. The highest BCUT2D eigenvalue weighted by Crippen LogP contribution is 2.20. The first-order valence-electron chi connectivity index (χ1n) is 5.60. The predicted octanol–water partition coefficient (Wildman–Crippen LogP) is 1.48. The van der Waals surface area contributed by atoms with Crippen LogP contribution >= 0.6 is 0 Å². The minimum Gasteiger partial charge on any atom is -0.396 e. The minimum absolute atomic E-state index is 0.121. The molecule has 1 amide bonds. The molecule has 0 spiro atoms. The van der Waals surface area contributed by atoms with Crippen LogP contribution in [0, 0.1) is 21.3 Å². The molecule has 104 valence electrons. The molecule has 0 atom stereocenters. The van der Waals surface area contributed by atoms with Gasteiger partial charge in [0.05, 0.1) is 4.92 Å². The number of rotatable bonds is 5. The summed E-state index contributed by atoms with van der Waals surface area (Å²) in [5.74, 6) is -1.47. The Morgan fingerprint density at radius 2 is 2.16 bits per heavy atom. The van der Waals surface area contributed by atoms with E-state index in [9.17, 15) is 19.3 Å². The number of aliphatic hydroxyl groups is 1. The number of aliphatic hydroxyl groups excluding tert-OH is 1. The van der Waals surface area contributed by atoms with Crippen molar-refractivity contribution < 1.29 is 19.2 Å². The molecule has 0 aliphatic rings. The lowest BCUT2D eigenvalue weighted by molar-refractivity contribution is -0.385. The summed E-state index contributed by atoms with van der Waals surface area (Å²) in [6.45, 7) is 3.40. The van der Waals surface area contributed by atoms with Crippen LogP contribution in [0.5, 0.6) is 0 Å². The van der Waals surface area contributed by atoms with Crippen LogP contribution in [0.4, 0.5) is 10.1 Å². The van der Waals surface area contributed by atoms with E-state index in [1.807, 2.05) is 0 Å². The van der Waals surface area contributed by atoms with Gasteiger partial charge in [-0.2, -0.15) is 0 Å². The normalized spacial score (nSPS) is 11.2. The molecule has 1 aromatic carbocycles. The van der Waals surface area contributed by atoms with E-state index in [4.69, 9.17) is 5.11 Å². The van der Waals surface area contributed by atoms with Crippen molar-refractivity contribution in [2.24, 2.45) is 5.41 Å². The molecule has 0 heterocycles. The second-order valence-corrected chi connectivity index (χ2v) is 4.92. The van der Waals surface area contributed by atoms with E-state index >= 15 is 0 Å². The van der Waals surface area contributed by atoms with E-state index in [2.05, 4.69) is 5.32 Å². The molecule has 0 radical (unpaired) electrons. The highest BCUT2D eigenvalue weighted by molar-refractivity contribution is 5.98. The van der Waals surface area contributed by atoms with Crippen LogP contribution in [0.2, 0.25) is 0 Å². The van der Waals surface area contributed by atoms with Crippen molar-refractivity contribution in [3.63, 3.8) is 0 Å². The lowest BCUT2D eigenvalue weighted by Crippen LogP contribution is -2.36. The van der Waals surface area contributed by atoms with Gasteiger partial charge < -0.3 is 10.4 Å². The van der Waals surface area contributed by atoms with Crippen molar-refractivity contribution in [2.45, 2.75) is 13.8 Å². The lowest BCUT2D eigenvalue weighted by atomic mass is 9.95. The number of amides is 1. The molecule has 7 heteroatoms. The Bertz CT molecular complexity index is 503. The van der Waals surface area contributed by atoms with Gasteiger partial charge in [0.2, 0.25) is 0 Å². The molecule has 0 aliphatic heterocycles. The van der Waals surface area contributed by atoms with Crippen LogP contribution in [0.25, 0.3) is 0 Å². The molecular weight excluding hydrogens is 255 g/mol. The first kappa shape index (κ1) is 15.0. The van der Waals surface area contributed by atoms with E-state index in [-0.39, 0.29) is 18.7 Å². The van der Waals surface area contributed by atoms with E-state index in [0.29, 0.717) is 0 Å². The van der Waals surface area contributed by atoms with Gasteiger partial charge in [-0.1, -0.05) is 13.8 Å². The smallest absolute Gasteiger partial charge is 0.282 e. The number of halogens is 1. The molecule has 0 saturated heterocycles. The Hall–Kier alpha value is -2.02. The van der Waals surface area contributed by atoms with Crippen LogP contribution in [-0.2, 0) is 0 Å². The van der Waals surface area contributed by atoms with Crippen molar-refractivity contribution in [3.8, 4) is 0 Å². The summed E-state index contributed by atoms with van der Waals surface area (Å²) in [6.07, 6.45) is 0. The van der Waals surface area contributed by atoms with Crippen molar-refractivity contribution >= 4 is 11.6 Å². The molecular formula is C12H15FN2O4. The maximum Gasteiger partial charge on any atom is 0.282 e. The number of carbonyl (C=O) groups excluding carboxylic acids is 1. The van der Waals surface area contributed by atoms with Gasteiger partial charge in [0.25, 0.3) is 11.6 Å². The zero-order chi connectivity index (χ0) is 14.6. The minimum atomic E-state index is -0.745. The maximum atomic E-state index is 13.1. The first-order valence-corrected chi connectivity index (χ1v) is 5.60. The van der Waals surface area contributed by atoms with Crippen molar-refractivity contribution in [1.29, 1.82) is 0 Å². The molecule has 0 aromatic heterocycles. The summed E-state index contributed by atoms with van der Waals surface area (Å²) in [7, 11) is 0. The maximum absolute atomic E-state index is 13.1. The van der Waals surface area contributed by atoms with Gasteiger partial charge in [-0.25, -0.2) is 4.39 Å². The van der Waals surface area contributed by atoms with Gasteiger partial charge in [0.1, 0.15) is 11.4 Å². The number of nitrogens with one attached hydrogen (secondary N) is 1. The van der Waals surface area contributed by atoms with Gasteiger partial charge in [-0.3, -0.25) is 14.9 Å². The Morgan fingerprint density at radius 3 is 2.68 bits per heavy atom. The van der Waals surface area contributed by atoms with Crippen LogP contribution in [0.3, 0.4) is 0 Å². The van der Waals surface area contributed by atoms with Crippen LogP contribution in [-0.4, -0.2) is 29.1 Å². The van der Waals surface area contributed by atoms with E-state index in [1.54, 1.807) is 13.8 Å². The zero-order valence-corrected chi connectivity index (χ0v) is 10.6. The summed E-state index contributed by atoms with van der Waals surface area (Å²) in [4.78, 5) is 21.8. The van der Waals surface area contributed by atoms with Gasteiger partial charge in [-0.15, -0.1) is 0 Å². The summed E-state index contributed by atoms with van der Waals surface area (Å²) >= 11 is 0. The first-order chi connectivity index (χ1) is 8.76. The molecule has 0 saturated carbocycles. The number of carbonyl (C=O) groups is 1. The van der Waals surface area contributed by atoms with Crippen LogP contribution in [0.15, 0.2) is 18.2 Å². The zero-order valence-electron chi connectivity index (χ0n) is 10.6. The van der Waals surface area contributed by atoms with Gasteiger partial charge in [-0.05, 0) is 12.1 Å². The molecule has 2 N–H and O–H groups in total. The standard InChI is InChI=1S/C12H15FN2O4/c1-12(2,7-16)6-14-11(17)9-5-8(13)3-4-10(9)15(18)19/h3-5,16H,6-7H2,1-2H3,(H,14,17). The summed E-state index contributed by atoms with van der Waals surface area (Å²) < 4.78 is 13.1. The van der Waals surface area contributed by atoms with Gasteiger partial charge in [0, 0.05) is 24.6 Å². The molecule has 0 fully saturated rings. The molecule has 0 unspecified atom stereocenters. The molecule has 1 aromatic rings. The third-order valence-electron chi connectivity index (χ3n) is 2.56. The fraction of sp³-hybridized carbons (Fsp3) is 0.417. The number of hydrogen-bond acceptors (Lipinski definition) is 4. The van der Waals surface area contributed by atoms with Gasteiger partial charge in [0.15, 0.2) is 0 Å². The third-order valence-corrected chi connectivity index (χ3v) is 2.56. The van der Waals surface area contributed by atoms with E-state index < -0.39 is 27.8 Å². The highest BCUT2D eigenvalue weighted by Gasteiger charge is 2.23. The van der Waals surface area contributed by atoms with Crippen molar-refractivity contribution in [3.05, 3.63) is 39.7 Å². The van der Waals surface area contributed by atoms with Crippen molar-refractivity contribution in [1.82, 2.24) is 5.32 Å². The highest BCUT2D eigenvalue weighted by atomic mass is 19.1. The topological polar surface area (TPSA) is 92.5 Å². The second kappa shape index (κ2) is 5.75. The number of nitro benzene ring substituents is 1. The number of nitro groups is 1. The Labute approximate surface area is 109 Å².